The fourth-order valence-electron chi connectivity index (χ4n) is 2.11. The summed E-state index contributed by atoms with van der Waals surface area (Å²) in [5.41, 5.74) is 0.770. The van der Waals surface area contributed by atoms with Crippen molar-refractivity contribution in [3.8, 4) is 0 Å². The first-order chi connectivity index (χ1) is 9.95. The van der Waals surface area contributed by atoms with Gasteiger partial charge in [-0.15, -0.1) is 0 Å². The summed E-state index contributed by atoms with van der Waals surface area (Å²) in [6.45, 7) is 1.94. The van der Waals surface area contributed by atoms with Crippen molar-refractivity contribution in [2.75, 3.05) is 13.1 Å². The maximum atomic E-state index is 12.9. The van der Waals surface area contributed by atoms with E-state index in [2.05, 4.69) is 5.32 Å². The third-order valence-corrected chi connectivity index (χ3v) is 3.50. The summed E-state index contributed by atoms with van der Waals surface area (Å²) < 4.78 is 12.9. The summed E-state index contributed by atoms with van der Waals surface area (Å²) in [5.74, 6) is -0.949. The van der Waals surface area contributed by atoms with Crippen molar-refractivity contribution < 1.29 is 19.1 Å². The van der Waals surface area contributed by atoms with Gasteiger partial charge < -0.3 is 15.3 Å². The zero-order valence-corrected chi connectivity index (χ0v) is 11.9. The lowest BCUT2D eigenvalue weighted by Crippen LogP contribution is -2.44. The summed E-state index contributed by atoms with van der Waals surface area (Å²) in [6.07, 6.45) is 2.08. The smallest absolute Gasteiger partial charge is 0.323 e. The summed E-state index contributed by atoms with van der Waals surface area (Å²) >= 11 is 0. The van der Waals surface area contributed by atoms with Crippen LogP contribution in [0.15, 0.2) is 24.3 Å². The van der Waals surface area contributed by atoms with Crippen molar-refractivity contribution >= 4 is 12.0 Å². The van der Waals surface area contributed by atoms with Crippen molar-refractivity contribution in [1.82, 2.24) is 10.2 Å². The molecule has 2 rings (SSSR count). The van der Waals surface area contributed by atoms with E-state index in [0.29, 0.717) is 12.5 Å². The van der Waals surface area contributed by atoms with E-state index in [0.717, 1.165) is 18.4 Å². The number of carboxylic acid groups (broad SMARTS) is 1. The standard InChI is InChI=1S/C15H19FN2O3/c1-10(12-4-6-13(16)7-5-12)17-15(21)18(9-14(19)20)8-11-2-3-11/h4-7,10-11H,2-3,8-9H2,1H3,(H,17,21)(H,19,20). The zero-order chi connectivity index (χ0) is 15.4. The van der Waals surface area contributed by atoms with Crippen LogP contribution in [-0.2, 0) is 4.79 Å². The van der Waals surface area contributed by atoms with E-state index in [1.54, 1.807) is 19.1 Å². The third-order valence-electron chi connectivity index (χ3n) is 3.50. The van der Waals surface area contributed by atoms with Crippen molar-refractivity contribution in [1.29, 1.82) is 0 Å². The normalized spacial score (nSPS) is 15.3. The first-order valence-corrected chi connectivity index (χ1v) is 6.98. The van der Waals surface area contributed by atoms with Gasteiger partial charge in [-0.05, 0) is 43.4 Å². The average Bonchev–Trinajstić information content (AvgIpc) is 3.22. The van der Waals surface area contributed by atoms with E-state index in [1.807, 2.05) is 0 Å². The van der Waals surface area contributed by atoms with Gasteiger partial charge in [0, 0.05) is 6.54 Å². The number of rotatable bonds is 6. The molecule has 1 fully saturated rings. The molecule has 0 aliphatic heterocycles. The lowest BCUT2D eigenvalue weighted by atomic mass is 10.1. The van der Waals surface area contributed by atoms with Gasteiger partial charge in [-0.25, -0.2) is 9.18 Å². The van der Waals surface area contributed by atoms with E-state index in [-0.39, 0.29) is 18.4 Å². The molecule has 1 aromatic carbocycles. The van der Waals surface area contributed by atoms with Crippen molar-refractivity contribution in [3.05, 3.63) is 35.6 Å². The van der Waals surface area contributed by atoms with Crippen LogP contribution in [0.5, 0.6) is 0 Å². The van der Waals surface area contributed by atoms with E-state index >= 15 is 0 Å². The van der Waals surface area contributed by atoms with E-state index in [4.69, 9.17) is 5.11 Å². The van der Waals surface area contributed by atoms with Gasteiger partial charge in [0.1, 0.15) is 12.4 Å². The minimum Gasteiger partial charge on any atom is -0.480 e. The van der Waals surface area contributed by atoms with Gasteiger partial charge in [0.15, 0.2) is 0 Å². The molecular weight excluding hydrogens is 275 g/mol. The molecule has 1 aromatic rings. The van der Waals surface area contributed by atoms with Gasteiger partial charge in [-0.2, -0.15) is 0 Å². The molecule has 21 heavy (non-hydrogen) atoms. The van der Waals surface area contributed by atoms with Gasteiger partial charge in [0.05, 0.1) is 6.04 Å². The number of carbonyl (C=O) groups is 2. The summed E-state index contributed by atoms with van der Waals surface area (Å²) in [5, 5.41) is 11.6. The molecule has 1 atom stereocenters. The minimum absolute atomic E-state index is 0.307. The summed E-state index contributed by atoms with van der Waals surface area (Å²) in [4.78, 5) is 24.3. The zero-order valence-electron chi connectivity index (χ0n) is 11.9. The van der Waals surface area contributed by atoms with Crippen LogP contribution in [0, 0.1) is 11.7 Å². The highest BCUT2D eigenvalue weighted by atomic mass is 19.1. The molecule has 1 aliphatic carbocycles. The van der Waals surface area contributed by atoms with Crippen LogP contribution in [0.2, 0.25) is 0 Å². The molecule has 114 valence electrons. The number of nitrogens with zero attached hydrogens (tertiary/aromatic N) is 1. The molecule has 1 unspecified atom stereocenters. The molecule has 5 nitrogen and oxygen atoms in total. The molecule has 0 saturated heterocycles. The Morgan fingerprint density at radius 3 is 2.52 bits per heavy atom. The maximum Gasteiger partial charge on any atom is 0.323 e. The first-order valence-electron chi connectivity index (χ1n) is 6.98. The molecule has 2 amide bonds. The summed E-state index contributed by atoms with van der Waals surface area (Å²) in [7, 11) is 0. The topological polar surface area (TPSA) is 69.6 Å². The molecule has 0 aromatic heterocycles. The van der Waals surface area contributed by atoms with Crippen LogP contribution >= 0.6 is 0 Å². The average molecular weight is 294 g/mol. The number of urea groups is 1. The maximum absolute atomic E-state index is 12.9. The number of carboxylic acids is 1. The highest BCUT2D eigenvalue weighted by Gasteiger charge is 2.28. The van der Waals surface area contributed by atoms with Crippen molar-refractivity contribution in [3.63, 3.8) is 0 Å². The Morgan fingerprint density at radius 1 is 1.38 bits per heavy atom. The van der Waals surface area contributed by atoms with Crippen molar-refractivity contribution in [2.45, 2.75) is 25.8 Å². The predicted octanol–water partition coefficient (Wildman–Crippen LogP) is 2.39. The second-order valence-electron chi connectivity index (χ2n) is 5.44. The van der Waals surface area contributed by atoms with Gasteiger partial charge in [-0.3, -0.25) is 4.79 Å². The number of hydrogen-bond donors (Lipinski definition) is 2. The number of carbonyl (C=O) groups excluding carboxylic acids is 1. The number of benzene rings is 1. The summed E-state index contributed by atoms with van der Waals surface area (Å²) in [6, 6.07) is 5.15. The Bertz CT molecular complexity index is 514. The number of aliphatic carboxylic acids is 1. The van der Waals surface area contributed by atoms with Crippen LogP contribution in [0.4, 0.5) is 9.18 Å². The van der Waals surface area contributed by atoms with E-state index in [9.17, 15) is 14.0 Å². The van der Waals surface area contributed by atoms with Crippen LogP contribution in [0.1, 0.15) is 31.4 Å². The molecular formula is C15H19FN2O3. The van der Waals surface area contributed by atoms with Gasteiger partial charge in [0.2, 0.25) is 0 Å². The second kappa shape index (κ2) is 6.56. The Kier molecular flexibility index (Phi) is 4.77. The SMILES string of the molecule is CC(NC(=O)N(CC(=O)O)CC1CC1)c1ccc(F)cc1. The molecule has 0 bridgehead atoms. The molecule has 1 saturated carbocycles. The van der Waals surface area contributed by atoms with Crippen LogP contribution in [0.3, 0.4) is 0 Å². The Hall–Kier alpha value is -2.11. The molecule has 1 aliphatic rings. The number of amides is 2. The molecule has 0 heterocycles. The lowest BCUT2D eigenvalue weighted by molar-refractivity contribution is -0.137. The van der Waals surface area contributed by atoms with Gasteiger partial charge in [0.25, 0.3) is 0 Å². The fourth-order valence-corrected chi connectivity index (χ4v) is 2.11. The Morgan fingerprint density at radius 2 is 2.00 bits per heavy atom. The number of halogens is 1. The quantitative estimate of drug-likeness (QED) is 0.846. The molecule has 6 heteroatoms. The van der Waals surface area contributed by atoms with E-state index in [1.165, 1.54) is 17.0 Å². The molecule has 2 N–H and O–H groups in total. The highest BCUT2D eigenvalue weighted by Crippen LogP contribution is 2.29. The Labute approximate surface area is 122 Å². The van der Waals surface area contributed by atoms with Crippen LogP contribution in [0.25, 0.3) is 0 Å². The van der Waals surface area contributed by atoms with Gasteiger partial charge in [-0.1, -0.05) is 12.1 Å². The number of nitrogens with one attached hydrogen (secondary N) is 1. The molecule has 0 spiro atoms. The van der Waals surface area contributed by atoms with Crippen LogP contribution < -0.4 is 5.32 Å². The van der Waals surface area contributed by atoms with E-state index < -0.39 is 12.0 Å². The monoisotopic (exact) mass is 294 g/mol. The third kappa shape index (κ3) is 4.73. The second-order valence-corrected chi connectivity index (χ2v) is 5.44. The number of hydrogen-bond acceptors (Lipinski definition) is 2. The van der Waals surface area contributed by atoms with Gasteiger partial charge >= 0.3 is 12.0 Å². The highest BCUT2D eigenvalue weighted by molar-refractivity contribution is 5.80. The molecule has 0 radical (unpaired) electrons. The minimum atomic E-state index is -1.03. The predicted molar refractivity (Wildman–Crippen MR) is 75.3 cm³/mol. The first kappa shape index (κ1) is 15.3. The van der Waals surface area contributed by atoms with Crippen LogP contribution in [-0.4, -0.2) is 35.1 Å². The lowest BCUT2D eigenvalue weighted by Gasteiger charge is -2.24. The Balaban J connectivity index is 1.95. The largest absolute Gasteiger partial charge is 0.480 e. The van der Waals surface area contributed by atoms with Crippen molar-refractivity contribution in [2.24, 2.45) is 5.92 Å². The fraction of sp³-hybridized carbons (Fsp3) is 0.467.